The minimum absolute atomic E-state index is 0.330. The van der Waals surface area contributed by atoms with Crippen molar-refractivity contribution in [3.05, 3.63) is 41.1 Å². The predicted molar refractivity (Wildman–Crippen MR) is 76.5 cm³/mol. The summed E-state index contributed by atoms with van der Waals surface area (Å²) in [5, 5.41) is 8.01. The molecule has 0 fully saturated rings. The van der Waals surface area contributed by atoms with Crippen LogP contribution in [0.2, 0.25) is 0 Å². The van der Waals surface area contributed by atoms with E-state index in [0.717, 1.165) is 28.3 Å². The summed E-state index contributed by atoms with van der Waals surface area (Å²) in [7, 11) is 0. The van der Waals surface area contributed by atoms with E-state index in [9.17, 15) is 0 Å². The highest BCUT2D eigenvalue weighted by Crippen LogP contribution is 2.33. The fourth-order valence-corrected chi connectivity index (χ4v) is 1.81. The second kappa shape index (κ2) is 5.26. The molecule has 0 aliphatic carbocycles. The van der Waals surface area contributed by atoms with Crippen LogP contribution in [0.3, 0.4) is 0 Å². The molecule has 1 aromatic carbocycles. The Balaban J connectivity index is 2.38. The Morgan fingerprint density at radius 1 is 1.11 bits per heavy atom. The lowest BCUT2D eigenvalue weighted by Crippen LogP contribution is -2.00. The van der Waals surface area contributed by atoms with Gasteiger partial charge in [0.25, 0.3) is 0 Å². The molecule has 0 atom stereocenters. The van der Waals surface area contributed by atoms with Crippen LogP contribution in [0.15, 0.2) is 24.3 Å². The summed E-state index contributed by atoms with van der Waals surface area (Å²) in [6, 6.07) is 7.61. The van der Waals surface area contributed by atoms with Gasteiger partial charge in [-0.1, -0.05) is 13.8 Å². The van der Waals surface area contributed by atoms with Crippen molar-refractivity contribution in [1.82, 2.24) is 10.2 Å². The van der Waals surface area contributed by atoms with E-state index in [2.05, 4.69) is 24.0 Å². The molecule has 4 nitrogen and oxygen atoms in total. The molecular formula is C15H19N3O. The van der Waals surface area contributed by atoms with Gasteiger partial charge in [0.15, 0.2) is 0 Å². The summed E-state index contributed by atoms with van der Waals surface area (Å²) in [4.78, 5) is 0. The van der Waals surface area contributed by atoms with Crippen molar-refractivity contribution in [3.8, 4) is 11.6 Å². The van der Waals surface area contributed by atoms with Crippen molar-refractivity contribution >= 4 is 5.69 Å². The standard InChI is InChI=1S/C15H19N3O/c1-9(2)12-8-13(16)10(3)7-14(12)19-15-6-5-11(4)17-18-15/h5-9H,16H2,1-4H3. The van der Waals surface area contributed by atoms with E-state index in [0.29, 0.717) is 11.8 Å². The molecular weight excluding hydrogens is 238 g/mol. The molecule has 0 aliphatic rings. The van der Waals surface area contributed by atoms with Crippen LogP contribution < -0.4 is 10.5 Å². The first kappa shape index (κ1) is 13.3. The molecule has 2 aromatic rings. The molecule has 1 aromatic heterocycles. The Bertz CT molecular complexity index is 577. The molecule has 0 aliphatic heterocycles. The largest absolute Gasteiger partial charge is 0.437 e. The van der Waals surface area contributed by atoms with Crippen molar-refractivity contribution in [1.29, 1.82) is 0 Å². The van der Waals surface area contributed by atoms with Gasteiger partial charge in [-0.15, -0.1) is 5.10 Å². The SMILES string of the molecule is Cc1ccc(Oc2cc(C)c(N)cc2C(C)C)nn1. The molecule has 0 bridgehead atoms. The predicted octanol–water partition coefficient (Wildman–Crippen LogP) is 3.59. The summed E-state index contributed by atoms with van der Waals surface area (Å²) in [5.74, 6) is 1.62. The molecule has 2 N–H and O–H groups in total. The van der Waals surface area contributed by atoms with Gasteiger partial charge in [-0.25, -0.2) is 0 Å². The van der Waals surface area contributed by atoms with Crippen LogP contribution in [-0.4, -0.2) is 10.2 Å². The van der Waals surface area contributed by atoms with Crippen molar-refractivity contribution in [2.24, 2.45) is 0 Å². The Morgan fingerprint density at radius 2 is 1.84 bits per heavy atom. The lowest BCUT2D eigenvalue weighted by Gasteiger charge is -2.15. The molecule has 100 valence electrons. The third-order valence-electron chi connectivity index (χ3n) is 3.01. The average Bonchev–Trinajstić information content (AvgIpc) is 2.36. The van der Waals surface area contributed by atoms with Gasteiger partial charge in [0.1, 0.15) is 5.75 Å². The third kappa shape index (κ3) is 3.02. The van der Waals surface area contributed by atoms with E-state index in [-0.39, 0.29) is 0 Å². The fourth-order valence-electron chi connectivity index (χ4n) is 1.81. The lowest BCUT2D eigenvalue weighted by atomic mass is 9.99. The number of benzene rings is 1. The Kier molecular flexibility index (Phi) is 3.69. The molecule has 0 saturated heterocycles. The van der Waals surface area contributed by atoms with Crippen LogP contribution in [0, 0.1) is 13.8 Å². The van der Waals surface area contributed by atoms with E-state index in [1.807, 2.05) is 38.1 Å². The second-order valence-corrected chi connectivity index (χ2v) is 5.02. The van der Waals surface area contributed by atoms with Crippen molar-refractivity contribution < 1.29 is 4.74 Å². The zero-order valence-corrected chi connectivity index (χ0v) is 11.8. The average molecular weight is 257 g/mol. The van der Waals surface area contributed by atoms with E-state index in [1.54, 1.807) is 0 Å². The number of hydrogen-bond donors (Lipinski definition) is 1. The highest BCUT2D eigenvalue weighted by atomic mass is 16.5. The minimum atomic E-state index is 0.330. The maximum Gasteiger partial charge on any atom is 0.238 e. The molecule has 4 heteroatoms. The molecule has 0 saturated carbocycles. The Hall–Kier alpha value is -2.10. The minimum Gasteiger partial charge on any atom is -0.437 e. The topological polar surface area (TPSA) is 61.0 Å². The quantitative estimate of drug-likeness (QED) is 0.853. The van der Waals surface area contributed by atoms with Crippen LogP contribution in [0.5, 0.6) is 11.6 Å². The lowest BCUT2D eigenvalue weighted by molar-refractivity contribution is 0.446. The zero-order valence-electron chi connectivity index (χ0n) is 11.8. The molecule has 0 radical (unpaired) electrons. The fraction of sp³-hybridized carbons (Fsp3) is 0.333. The number of nitrogens with zero attached hydrogens (tertiary/aromatic N) is 2. The van der Waals surface area contributed by atoms with Crippen molar-refractivity contribution in [2.45, 2.75) is 33.6 Å². The molecule has 0 spiro atoms. The number of nitrogen functional groups attached to an aromatic ring is 1. The molecule has 19 heavy (non-hydrogen) atoms. The zero-order chi connectivity index (χ0) is 14.0. The van der Waals surface area contributed by atoms with Crippen LogP contribution in [-0.2, 0) is 0 Å². The van der Waals surface area contributed by atoms with E-state index in [4.69, 9.17) is 10.5 Å². The monoisotopic (exact) mass is 257 g/mol. The first-order valence-corrected chi connectivity index (χ1v) is 6.35. The van der Waals surface area contributed by atoms with Crippen molar-refractivity contribution in [2.75, 3.05) is 5.73 Å². The first-order valence-electron chi connectivity index (χ1n) is 6.35. The van der Waals surface area contributed by atoms with Gasteiger partial charge in [-0.3, -0.25) is 0 Å². The van der Waals surface area contributed by atoms with Crippen LogP contribution in [0.4, 0.5) is 5.69 Å². The number of hydrogen-bond acceptors (Lipinski definition) is 4. The third-order valence-corrected chi connectivity index (χ3v) is 3.01. The number of rotatable bonds is 3. The smallest absolute Gasteiger partial charge is 0.238 e. The Labute approximate surface area is 113 Å². The number of anilines is 1. The van der Waals surface area contributed by atoms with E-state index >= 15 is 0 Å². The summed E-state index contributed by atoms with van der Waals surface area (Å²) in [6.07, 6.45) is 0. The maximum atomic E-state index is 5.96. The second-order valence-electron chi connectivity index (χ2n) is 5.02. The summed E-state index contributed by atoms with van der Waals surface area (Å²) in [6.45, 7) is 8.08. The molecule has 0 unspecified atom stereocenters. The van der Waals surface area contributed by atoms with Gasteiger partial charge in [-0.2, -0.15) is 5.10 Å². The first-order chi connectivity index (χ1) is 8.97. The van der Waals surface area contributed by atoms with Crippen molar-refractivity contribution in [3.63, 3.8) is 0 Å². The number of nitrogens with two attached hydrogens (primary N) is 1. The van der Waals surface area contributed by atoms with Gasteiger partial charge in [0.05, 0.1) is 5.69 Å². The Morgan fingerprint density at radius 3 is 2.42 bits per heavy atom. The summed E-state index contributed by atoms with van der Waals surface area (Å²) < 4.78 is 5.83. The van der Waals surface area contributed by atoms with Crippen LogP contribution in [0.1, 0.15) is 36.6 Å². The molecule has 1 heterocycles. The number of aromatic nitrogens is 2. The van der Waals surface area contributed by atoms with Gasteiger partial charge in [-0.05, 0) is 49.1 Å². The molecule has 0 amide bonds. The number of aryl methyl sites for hydroxylation is 2. The van der Waals surface area contributed by atoms with Crippen LogP contribution >= 0.6 is 0 Å². The molecule has 2 rings (SSSR count). The van der Waals surface area contributed by atoms with Gasteiger partial charge >= 0.3 is 0 Å². The van der Waals surface area contributed by atoms with Gasteiger partial charge in [0.2, 0.25) is 5.88 Å². The van der Waals surface area contributed by atoms with E-state index < -0.39 is 0 Å². The number of ether oxygens (including phenoxy) is 1. The van der Waals surface area contributed by atoms with Crippen LogP contribution in [0.25, 0.3) is 0 Å². The summed E-state index contributed by atoms with van der Waals surface area (Å²) in [5.41, 5.74) is 9.68. The maximum absolute atomic E-state index is 5.96. The van der Waals surface area contributed by atoms with Gasteiger partial charge in [0, 0.05) is 11.8 Å². The highest BCUT2D eigenvalue weighted by Gasteiger charge is 2.12. The van der Waals surface area contributed by atoms with Gasteiger partial charge < -0.3 is 10.5 Å². The highest BCUT2D eigenvalue weighted by molar-refractivity contribution is 5.55. The van der Waals surface area contributed by atoms with E-state index in [1.165, 1.54) is 0 Å². The summed E-state index contributed by atoms with van der Waals surface area (Å²) >= 11 is 0. The normalized spacial score (nSPS) is 10.8.